The van der Waals surface area contributed by atoms with Crippen molar-refractivity contribution >= 4 is 34.1 Å². The lowest BCUT2D eigenvalue weighted by Crippen LogP contribution is -2.18. The molecule has 0 spiro atoms. The summed E-state index contributed by atoms with van der Waals surface area (Å²) in [6.07, 6.45) is 6.28. The highest BCUT2D eigenvalue weighted by Gasteiger charge is 2.22. The molecule has 0 amide bonds. The minimum Gasteiger partial charge on any atom is -0.481 e. The summed E-state index contributed by atoms with van der Waals surface area (Å²) >= 11 is 0. The Morgan fingerprint density at radius 3 is 2.61 bits per heavy atom. The Morgan fingerprint density at radius 1 is 1.12 bits per heavy atom. The van der Waals surface area contributed by atoms with Gasteiger partial charge >= 0.3 is 0 Å². The van der Waals surface area contributed by atoms with Crippen molar-refractivity contribution in [2.45, 2.75) is 32.7 Å². The van der Waals surface area contributed by atoms with Gasteiger partial charge in [-0.3, -0.25) is 4.79 Å². The Balaban J connectivity index is 1.62. The Hall–Kier alpha value is -4.08. The van der Waals surface area contributed by atoms with Crippen molar-refractivity contribution < 1.29 is 13.9 Å². The Labute approximate surface area is 189 Å². The summed E-state index contributed by atoms with van der Waals surface area (Å²) < 4.78 is 19.9. The Bertz CT molecular complexity index is 1270. The molecule has 3 N–H and O–H groups in total. The monoisotopic (exact) mass is 449 g/mol. The molecule has 170 valence electrons. The number of anilines is 3. The van der Waals surface area contributed by atoms with Gasteiger partial charge in [-0.15, -0.1) is 0 Å². The molecule has 0 saturated carbocycles. The minimum absolute atomic E-state index is 0.147. The smallest absolute Gasteiger partial charge is 0.226 e. The van der Waals surface area contributed by atoms with E-state index in [-0.39, 0.29) is 23.0 Å². The van der Waals surface area contributed by atoms with E-state index in [2.05, 4.69) is 49.4 Å². The number of hydrogen-bond donors (Lipinski definition) is 3. The number of carbonyl (C=O) groups excluding carboxylic acids is 1. The number of carbonyl (C=O) groups is 1. The lowest BCUT2D eigenvalue weighted by molar-refractivity contribution is 0.103. The van der Waals surface area contributed by atoms with Crippen molar-refractivity contribution in [1.82, 2.24) is 24.9 Å². The second kappa shape index (κ2) is 9.60. The van der Waals surface area contributed by atoms with Crippen molar-refractivity contribution in [2.24, 2.45) is 0 Å². The van der Waals surface area contributed by atoms with Crippen LogP contribution in [0.2, 0.25) is 0 Å². The van der Waals surface area contributed by atoms with Crippen LogP contribution in [-0.4, -0.2) is 43.9 Å². The van der Waals surface area contributed by atoms with Gasteiger partial charge in [0.2, 0.25) is 11.8 Å². The molecule has 0 aromatic carbocycles. The quantitative estimate of drug-likeness (QED) is 0.253. The predicted molar refractivity (Wildman–Crippen MR) is 124 cm³/mol. The minimum atomic E-state index is -0.882. The first kappa shape index (κ1) is 22.1. The van der Waals surface area contributed by atoms with Crippen LogP contribution in [0.5, 0.6) is 5.88 Å². The maximum absolute atomic E-state index is 14.9. The van der Waals surface area contributed by atoms with Crippen LogP contribution in [0.3, 0.4) is 0 Å². The summed E-state index contributed by atoms with van der Waals surface area (Å²) in [6, 6.07) is 6.53. The normalized spacial score (nSPS) is 11.1. The van der Waals surface area contributed by atoms with Crippen LogP contribution in [0, 0.1) is 5.95 Å². The van der Waals surface area contributed by atoms with E-state index in [1.54, 1.807) is 12.1 Å². The van der Waals surface area contributed by atoms with E-state index in [0.717, 1.165) is 12.8 Å². The summed E-state index contributed by atoms with van der Waals surface area (Å²) in [5, 5.41) is 6.84. The van der Waals surface area contributed by atoms with Crippen LogP contribution in [-0.2, 0) is 0 Å². The molecule has 0 bridgehead atoms. The largest absolute Gasteiger partial charge is 0.481 e. The highest BCUT2D eigenvalue weighted by Crippen LogP contribution is 2.27. The molecule has 0 fully saturated rings. The van der Waals surface area contributed by atoms with Crippen LogP contribution in [0.1, 0.15) is 42.6 Å². The van der Waals surface area contributed by atoms with Gasteiger partial charge in [0, 0.05) is 18.3 Å². The van der Waals surface area contributed by atoms with Gasteiger partial charge in [-0.1, -0.05) is 13.8 Å². The average Bonchev–Trinajstić information content (AvgIpc) is 3.28. The molecule has 0 radical (unpaired) electrons. The number of nitrogens with one attached hydrogen (secondary N) is 3. The van der Waals surface area contributed by atoms with Crippen LogP contribution in [0.15, 0.2) is 43.0 Å². The van der Waals surface area contributed by atoms with Crippen molar-refractivity contribution in [3.63, 3.8) is 0 Å². The zero-order chi connectivity index (χ0) is 23.4. The standard InChI is InChI=1S/C23H24FN7O2/c1-4-13(5-2)30-23-19-16(11-26-22(19)27-12-28-23)20(32)15-7-8-17(31-21(15)24)29-14-6-9-18(33-3)25-10-14/h6-13H,4-5H2,1-3H3,(H,29,31)(H2,26,27,28,30). The summed E-state index contributed by atoms with van der Waals surface area (Å²) in [4.78, 5) is 32.7. The Kier molecular flexibility index (Phi) is 6.43. The topological polar surface area (TPSA) is 118 Å². The second-order valence-corrected chi connectivity index (χ2v) is 7.38. The highest BCUT2D eigenvalue weighted by atomic mass is 19.1. The second-order valence-electron chi connectivity index (χ2n) is 7.38. The number of halogens is 1. The number of nitrogens with zero attached hydrogens (tertiary/aromatic N) is 4. The molecule has 0 aliphatic heterocycles. The summed E-state index contributed by atoms with van der Waals surface area (Å²) in [5.74, 6) is -0.147. The van der Waals surface area contributed by atoms with E-state index in [0.29, 0.717) is 28.4 Å². The fourth-order valence-electron chi connectivity index (χ4n) is 3.48. The van der Waals surface area contributed by atoms with E-state index >= 15 is 0 Å². The molecule has 10 heteroatoms. The van der Waals surface area contributed by atoms with Crippen LogP contribution in [0.4, 0.5) is 21.7 Å². The predicted octanol–water partition coefficient (Wildman–Crippen LogP) is 4.47. The fraction of sp³-hybridized carbons (Fsp3) is 0.261. The number of pyridine rings is 2. The number of fused-ring (bicyclic) bond motifs is 1. The summed E-state index contributed by atoms with van der Waals surface area (Å²) in [6.45, 7) is 4.14. The molecule has 4 aromatic rings. The molecular weight excluding hydrogens is 425 g/mol. The van der Waals surface area contributed by atoms with E-state index in [1.807, 2.05) is 0 Å². The molecule has 0 saturated heterocycles. The van der Waals surface area contributed by atoms with Gasteiger partial charge in [0.25, 0.3) is 0 Å². The van der Waals surface area contributed by atoms with Gasteiger partial charge in [0.15, 0.2) is 5.78 Å². The van der Waals surface area contributed by atoms with Gasteiger partial charge in [-0.05, 0) is 31.0 Å². The molecule has 4 rings (SSSR count). The number of aromatic amines is 1. The first-order valence-electron chi connectivity index (χ1n) is 10.6. The molecule has 0 unspecified atom stereocenters. The number of aromatic nitrogens is 5. The summed E-state index contributed by atoms with van der Waals surface area (Å²) in [7, 11) is 1.52. The number of ketones is 1. The highest BCUT2D eigenvalue weighted by molar-refractivity contribution is 6.18. The maximum atomic E-state index is 14.9. The molecule has 0 aliphatic carbocycles. The van der Waals surface area contributed by atoms with Gasteiger partial charge in [-0.2, -0.15) is 4.39 Å². The number of H-pyrrole nitrogens is 1. The zero-order valence-corrected chi connectivity index (χ0v) is 18.5. The van der Waals surface area contributed by atoms with Crippen molar-refractivity contribution in [2.75, 3.05) is 17.7 Å². The van der Waals surface area contributed by atoms with E-state index in [1.165, 1.54) is 38.0 Å². The fourth-order valence-corrected chi connectivity index (χ4v) is 3.48. The van der Waals surface area contributed by atoms with Crippen molar-refractivity contribution in [3.8, 4) is 5.88 Å². The molecule has 0 atom stereocenters. The average molecular weight is 449 g/mol. The first-order valence-corrected chi connectivity index (χ1v) is 10.6. The zero-order valence-electron chi connectivity index (χ0n) is 18.5. The maximum Gasteiger partial charge on any atom is 0.226 e. The number of methoxy groups -OCH3 is 1. The van der Waals surface area contributed by atoms with Crippen LogP contribution >= 0.6 is 0 Å². The van der Waals surface area contributed by atoms with Crippen molar-refractivity contribution in [1.29, 1.82) is 0 Å². The molecular formula is C23H24FN7O2. The SMILES string of the molecule is CCC(CC)Nc1ncnc2[nH]cc(C(=O)c3ccc(Nc4ccc(OC)nc4)nc3F)c12. The van der Waals surface area contributed by atoms with Crippen LogP contribution < -0.4 is 15.4 Å². The summed E-state index contributed by atoms with van der Waals surface area (Å²) in [5.41, 5.74) is 1.24. The molecule has 9 nitrogen and oxygen atoms in total. The third-order valence-corrected chi connectivity index (χ3v) is 5.35. The number of ether oxygens (including phenoxy) is 1. The lowest BCUT2D eigenvalue weighted by atomic mass is 10.0. The van der Waals surface area contributed by atoms with Crippen molar-refractivity contribution in [3.05, 3.63) is 60.1 Å². The van der Waals surface area contributed by atoms with Gasteiger partial charge in [0.1, 0.15) is 23.6 Å². The Morgan fingerprint density at radius 2 is 1.94 bits per heavy atom. The number of hydrogen-bond acceptors (Lipinski definition) is 8. The molecule has 0 aliphatic rings. The van der Waals surface area contributed by atoms with Gasteiger partial charge < -0.3 is 20.4 Å². The third kappa shape index (κ3) is 4.59. The molecule has 33 heavy (non-hydrogen) atoms. The van der Waals surface area contributed by atoms with Gasteiger partial charge in [-0.25, -0.2) is 19.9 Å². The first-order chi connectivity index (χ1) is 16.0. The lowest BCUT2D eigenvalue weighted by Gasteiger charge is -2.16. The van der Waals surface area contributed by atoms with E-state index < -0.39 is 11.7 Å². The van der Waals surface area contributed by atoms with Gasteiger partial charge in [0.05, 0.1) is 35.5 Å². The molecule has 4 heterocycles. The van der Waals surface area contributed by atoms with E-state index in [4.69, 9.17) is 4.74 Å². The van der Waals surface area contributed by atoms with E-state index in [9.17, 15) is 9.18 Å². The number of rotatable bonds is 9. The molecule has 4 aromatic heterocycles. The van der Waals surface area contributed by atoms with Crippen LogP contribution in [0.25, 0.3) is 11.0 Å². The third-order valence-electron chi connectivity index (χ3n) is 5.35.